The van der Waals surface area contributed by atoms with Crippen LogP contribution in [0.25, 0.3) is 0 Å². The van der Waals surface area contributed by atoms with Crippen LogP contribution >= 0.6 is 23.2 Å². The molecule has 0 aliphatic heterocycles. The van der Waals surface area contributed by atoms with Crippen LogP contribution in [-0.4, -0.2) is 20.1 Å². The first-order valence-electron chi connectivity index (χ1n) is 6.03. The molecular formula is C15H13Cl2NO3. The molecule has 0 aromatic heterocycles. The zero-order valence-electron chi connectivity index (χ0n) is 11.4. The van der Waals surface area contributed by atoms with Crippen LogP contribution in [0.1, 0.15) is 10.4 Å². The fraction of sp³-hybridized carbons (Fsp3) is 0.133. The molecule has 1 amide bonds. The van der Waals surface area contributed by atoms with E-state index in [-0.39, 0.29) is 5.91 Å². The molecule has 0 aliphatic rings. The zero-order chi connectivity index (χ0) is 15.4. The van der Waals surface area contributed by atoms with E-state index in [1.165, 1.54) is 14.2 Å². The molecule has 0 heterocycles. The fourth-order valence-corrected chi connectivity index (χ4v) is 2.10. The molecule has 2 aromatic carbocycles. The maximum atomic E-state index is 12.2. The number of hydrogen-bond acceptors (Lipinski definition) is 3. The maximum absolute atomic E-state index is 12.2. The number of halogens is 2. The van der Waals surface area contributed by atoms with Crippen molar-refractivity contribution < 1.29 is 14.3 Å². The summed E-state index contributed by atoms with van der Waals surface area (Å²) >= 11 is 11.9. The first-order chi connectivity index (χ1) is 10.0. The number of carbonyl (C=O) groups is 1. The number of nitrogens with one attached hydrogen (secondary N) is 1. The van der Waals surface area contributed by atoms with Gasteiger partial charge in [-0.25, -0.2) is 0 Å². The van der Waals surface area contributed by atoms with E-state index in [2.05, 4.69) is 5.32 Å². The highest BCUT2D eigenvalue weighted by Crippen LogP contribution is 2.29. The van der Waals surface area contributed by atoms with E-state index in [1.807, 2.05) is 0 Å². The van der Waals surface area contributed by atoms with Crippen molar-refractivity contribution >= 4 is 34.8 Å². The third kappa shape index (κ3) is 3.60. The number of hydrogen-bond donors (Lipinski definition) is 1. The molecule has 0 atom stereocenters. The van der Waals surface area contributed by atoms with Gasteiger partial charge in [-0.05, 0) is 36.4 Å². The summed E-state index contributed by atoms with van der Waals surface area (Å²) in [6, 6.07) is 9.74. The number of ether oxygens (including phenoxy) is 2. The van der Waals surface area contributed by atoms with Crippen LogP contribution in [0.3, 0.4) is 0 Å². The standard InChI is InChI=1S/C15H13Cl2NO3/c1-20-13-6-3-9(7-14(13)21-2)15(19)18-12-8-10(16)4-5-11(12)17/h3-8H,1-2H3,(H,18,19). The minimum absolute atomic E-state index is 0.319. The summed E-state index contributed by atoms with van der Waals surface area (Å²) in [6.07, 6.45) is 0. The molecule has 2 rings (SSSR count). The first-order valence-corrected chi connectivity index (χ1v) is 6.79. The molecule has 4 nitrogen and oxygen atoms in total. The van der Waals surface area contributed by atoms with Gasteiger partial charge in [0, 0.05) is 10.6 Å². The molecule has 1 N–H and O–H groups in total. The van der Waals surface area contributed by atoms with E-state index < -0.39 is 0 Å². The fourth-order valence-electron chi connectivity index (χ4n) is 1.77. The van der Waals surface area contributed by atoms with Gasteiger partial charge < -0.3 is 14.8 Å². The summed E-state index contributed by atoms with van der Waals surface area (Å²) in [6.45, 7) is 0. The van der Waals surface area contributed by atoms with Crippen LogP contribution in [0.4, 0.5) is 5.69 Å². The topological polar surface area (TPSA) is 47.6 Å². The second-order valence-electron chi connectivity index (χ2n) is 4.15. The van der Waals surface area contributed by atoms with Crippen LogP contribution in [0.2, 0.25) is 10.0 Å². The van der Waals surface area contributed by atoms with Crippen LogP contribution < -0.4 is 14.8 Å². The Morgan fingerprint density at radius 1 is 1.00 bits per heavy atom. The van der Waals surface area contributed by atoms with Crippen molar-refractivity contribution in [1.82, 2.24) is 0 Å². The van der Waals surface area contributed by atoms with Crippen LogP contribution in [0.5, 0.6) is 11.5 Å². The van der Waals surface area contributed by atoms with Gasteiger partial charge in [0.1, 0.15) is 0 Å². The van der Waals surface area contributed by atoms with Crippen molar-refractivity contribution in [2.24, 2.45) is 0 Å². The molecule has 0 unspecified atom stereocenters. The Bertz CT molecular complexity index is 674. The summed E-state index contributed by atoms with van der Waals surface area (Å²) in [4.78, 5) is 12.2. The van der Waals surface area contributed by atoms with Gasteiger partial charge in [-0.1, -0.05) is 23.2 Å². The molecule has 0 bridgehead atoms. The molecule has 0 spiro atoms. The number of benzene rings is 2. The normalized spacial score (nSPS) is 10.1. The van der Waals surface area contributed by atoms with Crippen molar-refractivity contribution in [3.63, 3.8) is 0 Å². The lowest BCUT2D eigenvalue weighted by Gasteiger charge is -2.11. The molecule has 0 fully saturated rings. The van der Waals surface area contributed by atoms with E-state index in [1.54, 1.807) is 36.4 Å². The third-order valence-corrected chi connectivity index (χ3v) is 3.39. The zero-order valence-corrected chi connectivity index (χ0v) is 13.0. The minimum Gasteiger partial charge on any atom is -0.493 e. The first kappa shape index (κ1) is 15.5. The van der Waals surface area contributed by atoms with Gasteiger partial charge in [0.2, 0.25) is 0 Å². The van der Waals surface area contributed by atoms with Crippen molar-refractivity contribution in [2.45, 2.75) is 0 Å². The number of rotatable bonds is 4. The van der Waals surface area contributed by atoms with Crippen molar-refractivity contribution in [2.75, 3.05) is 19.5 Å². The molecule has 110 valence electrons. The highest BCUT2D eigenvalue weighted by atomic mass is 35.5. The average molecular weight is 326 g/mol. The lowest BCUT2D eigenvalue weighted by Crippen LogP contribution is -2.12. The Balaban J connectivity index is 2.26. The van der Waals surface area contributed by atoms with E-state index in [4.69, 9.17) is 32.7 Å². The van der Waals surface area contributed by atoms with E-state index >= 15 is 0 Å². The lowest BCUT2D eigenvalue weighted by molar-refractivity contribution is 0.102. The van der Waals surface area contributed by atoms with Gasteiger partial charge in [-0.15, -0.1) is 0 Å². The highest BCUT2D eigenvalue weighted by Gasteiger charge is 2.12. The smallest absolute Gasteiger partial charge is 0.255 e. The predicted molar refractivity (Wildman–Crippen MR) is 84.0 cm³/mol. The summed E-state index contributed by atoms with van der Waals surface area (Å²) < 4.78 is 10.3. The highest BCUT2D eigenvalue weighted by molar-refractivity contribution is 6.35. The summed E-state index contributed by atoms with van der Waals surface area (Å²) in [5.41, 5.74) is 0.868. The van der Waals surface area contributed by atoms with Gasteiger partial charge in [0.05, 0.1) is 24.9 Å². The Labute approximate surface area is 132 Å². The van der Waals surface area contributed by atoms with Crippen LogP contribution in [-0.2, 0) is 0 Å². The number of carbonyl (C=O) groups excluding carboxylic acids is 1. The quantitative estimate of drug-likeness (QED) is 0.913. The van der Waals surface area contributed by atoms with Crippen LogP contribution in [0, 0.1) is 0 Å². The maximum Gasteiger partial charge on any atom is 0.255 e. The lowest BCUT2D eigenvalue weighted by atomic mass is 10.2. The Kier molecular flexibility index (Phi) is 4.94. The second-order valence-corrected chi connectivity index (χ2v) is 4.99. The average Bonchev–Trinajstić information content (AvgIpc) is 2.50. The molecule has 21 heavy (non-hydrogen) atoms. The molecule has 2 aromatic rings. The number of amides is 1. The largest absolute Gasteiger partial charge is 0.493 e. The molecule has 0 saturated carbocycles. The molecule has 0 aliphatic carbocycles. The summed E-state index contributed by atoms with van der Waals surface area (Å²) in [5, 5.41) is 3.60. The minimum atomic E-state index is -0.319. The third-order valence-electron chi connectivity index (χ3n) is 2.82. The summed E-state index contributed by atoms with van der Waals surface area (Å²) in [7, 11) is 3.04. The van der Waals surface area contributed by atoms with Crippen LogP contribution in [0.15, 0.2) is 36.4 Å². The van der Waals surface area contributed by atoms with Gasteiger partial charge >= 0.3 is 0 Å². The Hall–Kier alpha value is -1.91. The summed E-state index contributed by atoms with van der Waals surface area (Å²) in [5.74, 6) is 0.706. The van der Waals surface area contributed by atoms with E-state index in [9.17, 15) is 4.79 Å². The predicted octanol–water partition coefficient (Wildman–Crippen LogP) is 4.26. The Morgan fingerprint density at radius 2 is 1.71 bits per heavy atom. The Morgan fingerprint density at radius 3 is 2.38 bits per heavy atom. The number of methoxy groups -OCH3 is 2. The second kappa shape index (κ2) is 6.70. The van der Waals surface area contributed by atoms with E-state index in [0.29, 0.717) is 32.8 Å². The van der Waals surface area contributed by atoms with Gasteiger partial charge in [0.25, 0.3) is 5.91 Å². The van der Waals surface area contributed by atoms with Gasteiger partial charge in [-0.2, -0.15) is 0 Å². The van der Waals surface area contributed by atoms with Crippen molar-refractivity contribution in [3.8, 4) is 11.5 Å². The van der Waals surface area contributed by atoms with Gasteiger partial charge in [0.15, 0.2) is 11.5 Å². The van der Waals surface area contributed by atoms with E-state index in [0.717, 1.165) is 0 Å². The monoisotopic (exact) mass is 325 g/mol. The van der Waals surface area contributed by atoms with Crippen molar-refractivity contribution in [1.29, 1.82) is 0 Å². The SMILES string of the molecule is COc1ccc(C(=O)Nc2cc(Cl)ccc2Cl)cc1OC. The van der Waals surface area contributed by atoms with Crippen molar-refractivity contribution in [3.05, 3.63) is 52.0 Å². The molecule has 0 saturated heterocycles. The number of anilines is 1. The molecule has 6 heteroatoms. The molecule has 0 radical (unpaired) electrons. The molecular weight excluding hydrogens is 313 g/mol. The van der Waals surface area contributed by atoms with Gasteiger partial charge in [-0.3, -0.25) is 4.79 Å².